The zero-order chi connectivity index (χ0) is 14.5. The van der Waals surface area contributed by atoms with Crippen LogP contribution in [0.15, 0.2) is 22.8 Å². The molecule has 1 aromatic rings. The van der Waals surface area contributed by atoms with E-state index in [1.165, 1.54) is 10.6 Å². The third-order valence-electron chi connectivity index (χ3n) is 2.85. The molecule has 0 aliphatic rings. The second kappa shape index (κ2) is 6.72. The minimum absolute atomic E-state index is 0.172. The summed E-state index contributed by atoms with van der Waals surface area (Å²) in [4.78, 5) is 11.8. The van der Waals surface area contributed by atoms with Gasteiger partial charge in [-0.15, -0.1) is 0 Å². The largest absolute Gasteiger partial charge is 0.467 e. The van der Waals surface area contributed by atoms with Gasteiger partial charge in [0.05, 0.1) is 25.6 Å². The molecule has 1 heterocycles. The molecule has 6 nitrogen and oxygen atoms in total. The van der Waals surface area contributed by atoms with Crippen molar-refractivity contribution >= 4 is 15.9 Å². The average Bonchev–Trinajstić information content (AvgIpc) is 2.84. The second-order valence-corrected chi connectivity index (χ2v) is 6.36. The van der Waals surface area contributed by atoms with Gasteiger partial charge in [-0.05, 0) is 25.5 Å². The Labute approximate surface area is 113 Å². The summed E-state index contributed by atoms with van der Waals surface area (Å²) in [6.07, 6.45) is 3.28. The van der Waals surface area contributed by atoms with E-state index in [0.29, 0.717) is 12.2 Å². The predicted octanol–water partition coefficient (Wildman–Crippen LogP) is 0.956. The van der Waals surface area contributed by atoms with Gasteiger partial charge in [0.15, 0.2) is 0 Å². The molecular weight excluding hydrogens is 268 g/mol. The standard InChI is InChI=1S/C12H20N2O4S/c1-4-10(2)14(19(3,16)17)9-12(15)13-8-11-6-5-7-18-11/h5-7,10H,4,8-9H2,1-3H3,(H,13,15). The van der Waals surface area contributed by atoms with Gasteiger partial charge in [0.25, 0.3) is 0 Å². The smallest absolute Gasteiger partial charge is 0.235 e. The lowest BCUT2D eigenvalue weighted by atomic mass is 10.2. The van der Waals surface area contributed by atoms with Gasteiger partial charge in [0.1, 0.15) is 5.76 Å². The molecule has 0 aromatic carbocycles. The molecule has 0 spiro atoms. The molecule has 1 amide bonds. The van der Waals surface area contributed by atoms with E-state index in [9.17, 15) is 13.2 Å². The van der Waals surface area contributed by atoms with Crippen molar-refractivity contribution in [3.8, 4) is 0 Å². The zero-order valence-electron chi connectivity index (χ0n) is 11.4. The lowest BCUT2D eigenvalue weighted by Crippen LogP contribution is -2.44. The molecule has 1 atom stereocenters. The number of nitrogens with one attached hydrogen (secondary N) is 1. The van der Waals surface area contributed by atoms with E-state index in [1.807, 2.05) is 6.92 Å². The normalized spacial score (nSPS) is 13.5. The summed E-state index contributed by atoms with van der Waals surface area (Å²) >= 11 is 0. The first-order chi connectivity index (χ1) is 8.84. The summed E-state index contributed by atoms with van der Waals surface area (Å²) in [6.45, 7) is 3.74. The first kappa shape index (κ1) is 15.7. The monoisotopic (exact) mass is 288 g/mol. The second-order valence-electron chi connectivity index (χ2n) is 4.42. The summed E-state index contributed by atoms with van der Waals surface area (Å²) in [5.74, 6) is 0.282. The average molecular weight is 288 g/mol. The number of hydrogen-bond acceptors (Lipinski definition) is 4. The number of nitrogens with zero attached hydrogens (tertiary/aromatic N) is 1. The van der Waals surface area contributed by atoms with Gasteiger partial charge in [-0.1, -0.05) is 6.92 Å². The van der Waals surface area contributed by atoms with Crippen LogP contribution in [0.25, 0.3) is 0 Å². The predicted molar refractivity (Wildman–Crippen MR) is 71.9 cm³/mol. The van der Waals surface area contributed by atoms with E-state index in [0.717, 1.165) is 6.26 Å². The van der Waals surface area contributed by atoms with Crippen LogP contribution in [0.2, 0.25) is 0 Å². The van der Waals surface area contributed by atoms with E-state index in [-0.39, 0.29) is 25.0 Å². The van der Waals surface area contributed by atoms with E-state index in [2.05, 4.69) is 5.32 Å². The molecule has 1 unspecified atom stereocenters. The molecule has 108 valence electrons. The van der Waals surface area contributed by atoms with Crippen molar-refractivity contribution in [2.24, 2.45) is 0 Å². The van der Waals surface area contributed by atoms with E-state index in [1.54, 1.807) is 19.1 Å². The molecule has 1 aromatic heterocycles. The first-order valence-electron chi connectivity index (χ1n) is 6.10. The fraction of sp³-hybridized carbons (Fsp3) is 0.583. The van der Waals surface area contributed by atoms with Crippen LogP contribution in [0, 0.1) is 0 Å². The number of furan rings is 1. The molecule has 0 aliphatic carbocycles. The molecule has 1 N–H and O–H groups in total. The van der Waals surface area contributed by atoms with Crippen LogP contribution in [0.1, 0.15) is 26.0 Å². The molecule has 19 heavy (non-hydrogen) atoms. The molecule has 0 aliphatic heterocycles. The lowest BCUT2D eigenvalue weighted by molar-refractivity contribution is -0.121. The van der Waals surface area contributed by atoms with Crippen LogP contribution in [-0.4, -0.2) is 37.5 Å². The highest BCUT2D eigenvalue weighted by molar-refractivity contribution is 7.88. The minimum Gasteiger partial charge on any atom is -0.467 e. The third-order valence-corrected chi connectivity index (χ3v) is 4.19. The number of hydrogen-bond donors (Lipinski definition) is 1. The maximum atomic E-state index is 11.8. The third kappa shape index (κ3) is 5.04. The van der Waals surface area contributed by atoms with E-state index in [4.69, 9.17) is 4.42 Å². The summed E-state index contributed by atoms with van der Waals surface area (Å²) < 4.78 is 29.5. The summed E-state index contributed by atoms with van der Waals surface area (Å²) in [7, 11) is -3.39. The van der Waals surface area contributed by atoms with Gasteiger partial charge >= 0.3 is 0 Å². The van der Waals surface area contributed by atoms with Gasteiger partial charge < -0.3 is 9.73 Å². The highest BCUT2D eigenvalue weighted by atomic mass is 32.2. The number of carbonyl (C=O) groups excluding carboxylic acids is 1. The van der Waals surface area contributed by atoms with Crippen molar-refractivity contribution < 1.29 is 17.6 Å². The maximum Gasteiger partial charge on any atom is 0.235 e. The van der Waals surface area contributed by atoms with Gasteiger partial charge in [-0.2, -0.15) is 4.31 Å². The van der Waals surface area contributed by atoms with Crippen molar-refractivity contribution in [2.75, 3.05) is 12.8 Å². The Bertz CT molecular complexity index is 496. The molecule has 0 fully saturated rings. The van der Waals surface area contributed by atoms with Crippen LogP contribution in [0.4, 0.5) is 0 Å². The van der Waals surface area contributed by atoms with Crippen molar-refractivity contribution in [1.29, 1.82) is 0 Å². The summed E-state index contributed by atoms with van der Waals surface area (Å²) in [5.41, 5.74) is 0. The topological polar surface area (TPSA) is 79.6 Å². The van der Waals surface area contributed by atoms with Crippen molar-refractivity contribution in [3.63, 3.8) is 0 Å². The van der Waals surface area contributed by atoms with Crippen molar-refractivity contribution in [2.45, 2.75) is 32.9 Å². The zero-order valence-corrected chi connectivity index (χ0v) is 12.2. The number of carbonyl (C=O) groups is 1. The highest BCUT2D eigenvalue weighted by Crippen LogP contribution is 2.08. The fourth-order valence-corrected chi connectivity index (χ4v) is 2.75. The van der Waals surface area contributed by atoms with E-state index < -0.39 is 10.0 Å². The van der Waals surface area contributed by atoms with Crippen LogP contribution >= 0.6 is 0 Å². The Morgan fingerprint density at radius 1 is 1.53 bits per heavy atom. The summed E-state index contributed by atoms with van der Waals surface area (Å²) in [5, 5.41) is 2.63. The van der Waals surface area contributed by atoms with Gasteiger partial charge in [-0.25, -0.2) is 8.42 Å². The Morgan fingerprint density at radius 3 is 2.68 bits per heavy atom. The molecule has 1 rings (SSSR count). The molecule has 0 radical (unpaired) electrons. The Kier molecular flexibility index (Phi) is 5.56. The van der Waals surface area contributed by atoms with Crippen LogP contribution in [0.5, 0.6) is 0 Å². The number of rotatable bonds is 7. The van der Waals surface area contributed by atoms with Gasteiger partial charge in [-0.3, -0.25) is 4.79 Å². The Balaban J connectivity index is 2.57. The Hall–Kier alpha value is -1.34. The quantitative estimate of drug-likeness (QED) is 0.810. The van der Waals surface area contributed by atoms with E-state index >= 15 is 0 Å². The van der Waals surface area contributed by atoms with Crippen molar-refractivity contribution in [1.82, 2.24) is 9.62 Å². The van der Waals surface area contributed by atoms with Gasteiger partial charge in [0.2, 0.25) is 15.9 Å². The molecule has 0 bridgehead atoms. The number of amides is 1. The number of sulfonamides is 1. The fourth-order valence-electron chi connectivity index (χ4n) is 1.60. The van der Waals surface area contributed by atoms with Crippen LogP contribution < -0.4 is 5.32 Å². The van der Waals surface area contributed by atoms with Crippen molar-refractivity contribution in [3.05, 3.63) is 24.2 Å². The maximum absolute atomic E-state index is 11.8. The van der Waals surface area contributed by atoms with Crippen LogP contribution in [-0.2, 0) is 21.4 Å². The molecular formula is C12H20N2O4S. The first-order valence-corrected chi connectivity index (χ1v) is 7.95. The molecule has 7 heteroatoms. The summed E-state index contributed by atoms with van der Waals surface area (Å²) in [6, 6.07) is 3.26. The van der Waals surface area contributed by atoms with Crippen LogP contribution in [0.3, 0.4) is 0 Å². The van der Waals surface area contributed by atoms with Gasteiger partial charge in [0, 0.05) is 6.04 Å². The molecule has 0 saturated heterocycles. The Morgan fingerprint density at radius 2 is 2.21 bits per heavy atom. The SMILES string of the molecule is CCC(C)N(CC(=O)NCc1ccco1)S(C)(=O)=O. The molecule has 0 saturated carbocycles. The highest BCUT2D eigenvalue weighted by Gasteiger charge is 2.24. The lowest BCUT2D eigenvalue weighted by Gasteiger charge is -2.25. The minimum atomic E-state index is -3.39.